The second kappa shape index (κ2) is 12.9. The summed E-state index contributed by atoms with van der Waals surface area (Å²) in [4.78, 5) is 28.9. The quantitative estimate of drug-likeness (QED) is 0.319. The predicted octanol–water partition coefficient (Wildman–Crippen LogP) is 6.03. The fourth-order valence-corrected chi connectivity index (χ4v) is 5.63. The van der Waals surface area contributed by atoms with Gasteiger partial charge in [0.15, 0.2) is 0 Å². The van der Waals surface area contributed by atoms with Crippen molar-refractivity contribution < 1.29 is 27.5 Å². The lowest BCUT2D eigenvalue weighted by atomic mass is 9.99. The number of amides is 2. The Hall–Kier alpha value is -3.99. The lowest BCUT2D eigenvalue weighted by Crippen LogP contribution is -2.58. The Morgan fingerprint density at radius 1 is 1.14 bits per heavy atom. The van der Waals surface area contributed by atoms with Gasteiger partial charge >= 0.3 is 0 Å². The van der Waals surface area contributed by atoms with Gasteiger partial charge < -0.3 is 15.0 Å². The smallest absolute Gasteiger partial charge is 0.280 e. The van der Waals surface area contributed by atoms with Gasteiger partial charge in [-0.05, 0) is 73.3 Å². The maximum absolute atomic E-state index is 15.4. The molecule has 1 aromatic heterocycles. The molecule has 0 saturated carbocycles. The Morgan fingerprint density at radius 3 is 2.48 bits per heavy atom. The molecule has 0 radical (unpaired) electrons. The van der Waals surface area contributed by atoms with Gasteiger partial charge in [-0.1, -0.05) is 27.7 Å². The minimum Gasteiger partial charge on any atom is -0.457 e. The molecule has 2 saturated heterocycles. The van der Waals surface area contributed by atoms with Crippen molar-refractivity contribution in [1.29, 1.82) is 0 Å². The van der Waals surface area contributed by atoms with Gasteiger partial charge in [-0.25, -0.2) is 13.2 Å². The summed E-state index contributed by atoms with van der Waals surface area (Å²) in [5.74, 6) is -4.06. The molecule has 2 aliphatic rings. The van der Waals surface area contributed by atoms with Crippen LogP contribution < -0.4 is 10.1 Å². The highest BCUT2D eigenvalue weighted by Crippen LogP contribution is 2.33. The second-order valence-electron chi connectivity index (χ2n) is 12.1. The van der Waals surface area contributed by atoms with Crippen LogP contribution >= 0.6 is 0 Å². The van der Waals surface area contributed by atoms with Crippen LogP contribution in [-0.2, 0) is 11.3 Å². The molecule has 5 rings (SSSR count). The summed E-state index contributed by atoms with van der Waals surface area (Å²) in [5, 5.41) is 10.9. The average Bonchev–Trinajstić information content (AvgIpc) is 3.31. The van der Waals surface area contributed by atoms with Gasteiger partial charge in [0, 0.05) is 37.2 Å². The normalized spacial score (nSPS) is 20.3. The zero-order chi connectivity index (χ0) is 31.6. The van der Waals surface area contributed by atoms with Gasteiger partial charge in [-0.2, -0.15) is 10.2 Å². The first-order valence-corrected chi connectivity index (χ1v) is 15.1. The minimum atomic E-state index is -3.16. The number of nitrogens with one attached hydrogen (secondary N) is 1. The lowest BCUT2D eigenvalue weighted by molar-refractivity contribution is -0.128. The van der Waals surface area contributed by atoms with E-state index in [1.807, 2.05) is 45.0 Å². The number of nitrogens with zero attached hydrogens (tertiary/aromatic N) is 4. The molecule has 2 unspecified atom stereocenters. The van der Waals surface area contributed by atoms with Crippen LogP contribution in [0.3, 0.4) is 0 Å². The number of rotatable bonds is 9. The van der Waals surface area contributed by atoms with E-state index in [2.05, 4.69) is 15.5 Å². The third kappa shape index (κ3) is 7.04. The van der Waals surface area contributed by atoms with Crippen LogP contribution in [0.5, 0.6) is 11.5 Å². The maximum atomic E-state index is 15.4. The van der Waals surface area contributed by atoms with Crippen molar-refractivity contribution in [2.75, 3.05) is 26.2 Å². The lowest BCUT2D eigenvalue weighted by Gasteiger charge is -2.38. The molecule has 2 fully saturated rings. The molecule has 0 spiro atoms. The van der Waals surface area contributed by atoms with Crippen molar-refractivity contribution in [2.24, 2.45) is 5.92 Å². The van der Waals surface area contributed by atoms with Crippen LogP contribution in [0.25, 0.3) is 11.3 Å². The summed E-state index contributed by atoms with van der Waals surface area (Å²) in [6.45, 7) is 8.85. The SMILES string of the molecule is CCN1CCC(NC(=O)c2cc(Oc3ccc(-c4ccc(C(C)C)nn4)cc3)c(CN3CC(C)CC3=O)cc2F)C(F)(F)C1. The fraction of sp³-hybridized carbons (Fsp3) is 0.455. The Morgan fingerprint density at radius 2 is 1.89 bits per heavy atom. The molecule has 0 aliphatic carbocycles. The van der Waals surface area contributed by atoms with Crippen molar-refractivity contribution >= 4 is 11.8 Å². The molecule has 2 atom stereocenters. The van der Waals surface area contributed by atoms with Gasteiger partial charge in [0.1, 0.15) is 17.3 Å². The molecule has 2 aliphatic heterocycles. The van der Waals surface area contributed by atoms with E-state index in [0.29, 0.717) is 43.1 Å². The summed E-state index contributed by atoms with van der Waals surface area (Å²) in [5.41, 5.74) is 2.34. The Bertz CT molecular complexity index is 1500. The van der Waals surface area contributed by atoms with Crippen LogP contribution in [0.2, 0.25) is 0 Å². The Labute approximate surface area is 255 Å². The summed E-state index contributed by atoms with van der Waals surface area (Å²) in [6, 6.07) is 11.8. The van der Waals surface area contributed by atoms with Gasteiger partial charge in [0.25, 0.3) is 11.8 Å². The van der Waals surface area contributed by atoms with Crippen LogP contribution in [0.4, 0.5) is 13.2 Å². The predicted molar refractivity (Wildman–Crippen MR) is 160 cm³/mol. The molecular weight excluding hydrogens is 571 g/mol. The molecule has 3 aromatic rings. The average molecular weight is 610 g/mol. The number of benzene rings is 2. The van der Waals surface area contributed by atoms with E-state index < -0.39 is 35.8 Å². The number of halogens is 3. The van der Waals surface area contributed by atoms with E-state index in [-0.39, 0.29) is 36.5 Å². The van der Waals surface area contributed by atoms with Crippen molar-refractivity contribution in [3.63, 3.8) is 0 Å². The number of hydrogen-bond donors (Lipinski definition) is 1. The zero-order valence-electron chi connectivity index (χ0n) is 25.4. The molecule has 3 heterocycles. The Balaban J connectivity index is 1.40. The molecule has 2 aromatic carbocycles. The number of carbonyl (C=O) groups is 2. The van der Waals surface area contributed by atoms with E-state index >= 15 is 4.39 Å². The van der Waals surface area contributed by atoms with Crippen molar-refractivity contribution in [1.82, 2.24) is 25.3 Å². The molecule has 234 valence electrons. The third-order valence-electron chi connectivity index (χ3n) is 8.25. The minimum absolute atomic E-state index is 0.0435. The zero-order valence-corrected chi connectivity index (χ0v) is 25.4. The highest BCUT2D eigenvalue weighted by Gasteiger charge is 2.45. The van der Waals surface area contributed by atoms with Crippen molar-refractivity contribution in [3.05, 3.63) is 71.2 Å². The molecular formula is C33H38F3N5O3. The molecule has 8 nitrogen and oxygen atoms in total. The van der Waals surface area contributed by atoms with Crippen LogP contribution in [0, 0.1) is 11.7 Å². The van der Waals surface area contributed by atoms with Crippen LogP contribution in [0.15, 0.2) is 48.5 Å². The van der Waals surface area contributed by atoms with E-state index in [1.54, 1.807) is 28.9 Å². The van der Waals surface area contributed by atoms with Crippen LogP contribution in [0.1, 0.15) is 68.1 Å². The van der Waals surface area contributed by atoms with Gasteiger partial charge in [0.2, 0.25) is 5.91 Å². The first-order chi connectivity index (χ1) is 20.9. The number of aromatic nitrogens is 2. The number of alkyl halides is 2. The molecule has 1 N–H and O–H groups in total. The fourth-order valence-electron chi connectivity index (χ4n) is 5.63. The second-order valence-corrected chi connectivity index (χ2v) is 12.1. The highest BCUT2D eigenvalue weighted by molar-refractivity contribution is 5.95. The first-order valence-electron chi connectivity index (χ1n) is 15.1. The number of carbonyl (C=O) groups excluding carboxylic acids is 2. The van der Waals surface area contributed by atoms with E-state index in [9.17, 15) is 18.4 Å². The van der Waals surface area contributed by atoms with E-state index in [0.717, 1.165) is 17.3 Å². The van der Waals surface area contributed by atoms with Crippen molar-refractivity contribution in [3.8, 4) is 22.8 Å². The summed E-state index contributed by atoms with van der Waals surface area (Å²) < 4.78 is 51.2. The summed E-state index contributed by atoms with van der Waals surface area (Å²) in [7, 11) is 0. The Kier molecular flexibility index (Phi) is 9.24. The van der Waals surface area contributed by atoms with Gasteiger partial charge in [0.05, 0.1) is 29.5 Å². The third-order valence-corrected chi connectivity index (χ3v) is 8.25. The molecule has 44 heavy (non-hydrogen) atoms. The topological polar surface area (TPSA) is 87.7 Å². The largest absolute Gasteiger partial charge is 0.457 e. The highest BCUT2D eigenvalue weighted by atomic mass is 19.3. The standard InChI is InChI=1S/C33H38F3N5O3/c1-5-40-13-12-30(33(35,36)19-40)37-32(43)25-16-29(23(15-26(25)34)18-41-17-21(4)14-31(41)42)44-24-8-6-22(7-9-24)28-11-10-27(20(2)3)38-39-28/h6-11,15-16,20-21,30H,5,12-14,17-19H2,1-4H3,(H,37,43). The van der Waals surface area contributed by atoms with E-state index in [1.165, 1.54) is 6.07 Å². The number of piperidine rings is 1. The van der Waals surface area contributed by atoms with Gasteiger partial charge in [-0.3, -0.25) is 14.5 Å². The summed E-state index contributed by atoms with van der Waals surface area (Å²) in [6.07, 6.45) is 0.439. The van der Waals surface area contributed by atoms with Crippen LogP contribution in [-0.4, -0.2) is 70.0 Å². The van der Waals surface area contributed by atoms with Gasteiger partial charge in [-0.15, -0.1) is 0 Å². The molecule has 2 amide bonds. The maximum Gasteiger partial charge on any atom is 0.280 e. The monoisotopic (exact) mass is 609 g/mol. The molecule has 11 heteroatoms. The summed E-state index contributed by atoms with van der Waals surface area (Å²) >= 11 is 0. The molecule has 0 bridgehead atoms. The number of hydrogen-bond acceptors (Lipinski definition) is 6. The number of likely N-dealkylation sites (tertiary alicyclic amines) is 2. The number of ether oxygens (including phenoxy) is 1. The van der Waals surface area contributed by atoms with Crippen molar-refractivity contribution in [2.45, 2.75) is 65.0 Å². The first kappa shape index (κ1) is 31.4. The van der Waals surface area contributed by atoms with E-state index in [4.69, 9.17) is 4.74 Å².